The lowest BCUT2D eigenvalue weighted by Gasteiger charge is -2.19. The molecule has 0 unspecified atom stereocenters. The Morgan fingerprint density at radius 3 is 1.88 bits per heavy atom. The summed E-state index contributed by atoms with van der Waals surface area (Å²) < 4.78 is 30.1. The number of rotatable bonds is 3. The molecule has 1 rings (SSSR count). The van der Waals surface area contributed by atoms with E-state index in [0.29, 0.717) is 5.75 Å². The molecule has 0 aromatic heterocycles. The van der Waals surface area contributed by atoms with E-state index in [9.17, 15) is 8.78 Å². The molecule has 0 atom stereocenters. The van der Waals surface area contributed by atoms with E-state index in [1.54, 1.807) is 12.1 Å². The van der Waals surface area contributed by atoms with Crippen molar-refractivity contribution in [2.45, 2.75) is 39.0 Å². The van der Waals surface area contributed by atoms with Crippen LogP contribution >= 0.6 is 0 Å². The first-order chi connectivity index (χ1) is 7.18. The van der Waals surface area contributed by atoms with E-state index in [4.69, 9.17) is 4.74 Å². The minimum Gasteiger partial charge on any atom is -0.487 e. The molecule has 0 saturated carbocycles. The summed E-state index contributed by atoms with van der Waals surface area (Å²) in [7, 11) is 0. The van der Waals surface area contributed by atoms with Crippen molar-refractivity contribution in [2.75, 3.05) is 6.61 Å². The first kappa shape index (κ1) is 12.9. The molecule has 0 saturated heterocycles. The average Bonchev–Trinajstić information content (AvgIpc) is 2.13. The Balaban J connectivity index is 2.66. The third kappa shape index (κ3) is 4.17. The number of hydrogen-bond acceptors (Lipinski definition) is 1. The molecular formula is C13H18F2O. The molecule has 3 heteroatoms. The SMILES string of the molecule is CC(F)(F)COc1ccc(C(C)(C)C)cc1. The van der Waals surface area contributed by atoms with E-state index in [1.165, 1.54) is 0 Å². The van der Waals surface area contributed by atoms with Gasteiger partial charge in [-0.1, -0.05) is 32.9 Å². The Morgan fingerprint density at radius 1 is 1.00 bits per heavy atom. The number of benzene rings is 1. The minimum atomic E-state index is -2.79. The van der Waals surface area contributed by atoms with Gasteiger partial charge in [0, 0.05) is 6.92 Å². The average molecular weight is 228 g/mol. The molecule has 16 heavy (non-hydrogen) atoms. The topological polar surface area (TPSA) is 9.23 Å². The summed E-state index contributed by atoms with van der Waals surface area (Å²) >= 11 is 0. The molecule has 0 spiro atoms. The lowest BCUT2D eigenvalue weighted by Crippen LogP contribution is -2.21. The Labute approximate surface area is 95.4 Å². The predicted molar refractivity (Wildman–Crippen MR) is 61.3 cm³/mol. The molecule has 1 aromatic rings. The Bertz CT molecular complexity index is 330. The fraction of sp³-hybridized carbons (Fsp3) is 0.538. The Kier molecular flexibility index (Phi) is 3.56. The van der Waals surface area contributed by atoms with Gasteiger partial charge >= 0.3 is 0 Å². The largest absolute Gasteiger partial charge is 0.487 e. The lowest BCUT2D eigenvalue weighted by atomic mass is 9.87. The lowest BCUT2D eigenvalue weighted by molar-refractivity contribution is -0.0229. The molecule has 0 N–H and O–H groups in total. The highest BCUT2D eigenvalue weighted by atomic mass is 19.3. The van der Waals surface area contributed by atoms with Crippen LogP contribution in [0.4, 0.5) is 8.78 Å². The molecule has 90 valence electrons. The standard InChI is InChI=1S/C13H18F2O/c1-12(2,3)10-5-7-11(8-6-10)16-9-13(4,14)15/h5-8H,9H2,1-4H3. The molecule has 0 amide bonds. The minimum absolute atomic E-state index is 0.0627. The highest BCUT2D eigenvalue weighted by Crippen LogP contribution is 2.24. The van der Waals surface area contributed by atoms with Gasteiger partial charge in [0.05, 0.1) is 0 Å². The van der Waals surface area contributed by atoms with Crippen LogP contribution in [0.5, 0.6) is 5.75 Å². The molecule has 1 nitrogen and oxygen atoms in total. The zero-order valence-electron chi connectivity index (χ0n) is 10.2. The van der Waals surface area contributed by atoms with Crippen molar-refractivity contribution in [1.82, 2.24) is 0 Å². The number of hydrogen-bond donors (Lipinski definition) is 0. The van der Waals surface area contributed by atoms with Crippen molar-refractivity contribution >= 4 is 0 Å². The van der Waals surface area contributed by atoms with E-state index >= 15 is 0 Å². The van der Waals surface area contributed by atoms with Crippen molar-refractivity contribution in [2.24, 2.45) is 0 Å². The molecule has 0 bridgehead atoms. The van der Waals surface area contributed by atoms with Crippen molar-refractivity contribution in [3.05, 3.63) is 29.8 Å². The summed E-state index contributed by atoms with van der Waals surface area (Å²) in [6.45, 7) is 6.56. The fourth-order valence-corrected chi connectivity index (χ4v) is 1.26. The van der Waals surface area contributed by atoms with E-state index in [1.807, 2.05) is 12.1 Å². The molecule has 0 aliphatic heterocycles. The molecule has 1 aromatic carbocycles. The van der Waals surface area contributed by atoms with Crippen LogP contribution in [0.1, 0.15) is 33.3 Å². The summed E-state index contributed by atoms with van der Waals surface area (Å²) in [6, 6.07) is 7.27. The van der Waals surface area contributed by atoms with Gasteiger partial charge in [0.25, 0.3) is 5.92 Å². The third-order valence-corrected chi connectivity index (χ3v) is 2.21. The van der Waals surface area contributed by atoms with E-state index < -0.39 is 12.5 Å². The number of halogens is 2. The van der Waals surface area contributed by atoms with Crippen molar-refractivity contribution in [3.8, 4) is 5.75 Å². The van der Waals surface area contributed by atoms with Gasteiger partial charge in [-0.25, -0.2) is 8.78 Å². The maximum atomic E-state index is 12.6. The van der Waals surface area contributed by atoms with E-state index in [0.717, 1.165) is 12.5 Å². The van der Waals surface area contributed by atoms with Crippen molar-refractivity contribution in [1.29, 1.82) is 0 Å². The summed E-state index contributed by atoms with van der Waals surface area (Å²) in [5.74, 6) is -2.31. The first-order valence-corrected chi connectivity index (χ1v) is 5.30. The molecule has 0 aliphatic carbocycles. The van der Waals surface area contributed by atoms with E-state index in [2.05, 4.69) is 20.8 Å². The zero-order chi connectivity index (χ0) is 12.4. The Morgan fingerprint density at radius 2 is 1.50 bits per heavy atom. The second-order valence-electron chi connectivity index (χ2n) is 5.13. The summed E-state index contributed by atoms with van der Waals surface area (Å²) in [5.41, 5.74) is 1.22. The summed E-state index contributed by atoms with van der Waals surface area (Å²) in [6.07, 6.45) is 0. The van der Waals surface area contributed by atoms with Crippen LogP contribution in [0, 0.1) is 0 Å². The third-order valence-electron chi connectivity index (χ3n) is 2.21. The summed E-state index contributed by atoms with van der Waals surface area (Å²) in [5, 5.41) is 0. The monoisotopic (exact) mass is 228 g/mol. The maximum absolute atomic E-state index is 12.6. The Hall–Kier alpha value is -1.12. The summed E-state index contributed by atoms with van der Waals surface area (Å²) in [4.78, 5) is 0. The van der Waals surface area contributed by atoms with Gasteiger partial charge in [-0.3, -0.25) is 0 Å². The number of ether oxygens (including phenoxy) is 1. The highest BCUT2D eigenvalue weighted by molar-refractivity contribution is 5.31. The van der Waals surface area contributed by atoms with Gasteiger partial charge in [0.2, 0.25) is 0 Å². The quantitative estimate of drug-likeness (QED) is 0.759. The van der Waals surface area contributed by atoms with Crippen LogP contribution in [0.25, 0.3) is 0 Å². The van der Waals surface area contributed by atoms with Crippen LogP contribution in [0.2, 0.25) is 0 Å². The van der Waals surface area contributed by atoms with E-state index in [-0.39, 0.29) is 5.41 Å². The fourth-order valence-electron chi connectivity index (χ4n) is 1.26. The number of alkyl halides is 2. The normalized spacial score (nSPS) is 12.6. The maximum Gasteiger partial charge on any atom is 0.278 e. The molecular weight excluding hydrogens is 210 g/mol. The van der Waals surface area contributed by atoms with Crippen LogP contribution in [-0.4, -0.2) is 12.5 Å². The van der Waals surface area contributed by atoms with Crippen molar-refractivity contribution < 1.29 is 13.5 Å². The molecule has 0 aliphatic rings. The predicted octanol–water partition coefficient (Wildman–Crippen LogP) is 4.02. The first-order valence-electron chi connectivity index (χ1n) is 5.30. The van der Waals surface area contributed by atoms with Gasteiger partial charge in [-0.05, 0) is 23.1 Å². The van der Waals surface area contributed by atoms with Crippen LogP contribution in [0.15, 0.2) is 24.3 Å². The van der Waals surface area contributed by atoms with Gasteiger partial charge in [0.1, 0.15) is 5.75 Å². The van der Waals surface area contributed by atoms with Crippen LogP contribution in [-0.2, 0) is 5.41 Å². The van der Waals surface area contributed by atoms with Gasteiger partial charge in [-0.15, -0.1) is 0 Å². The van der Waals surface area contributed by atoms with Crippen molar-refractivity contribution in [3.63, 3.8) is 0 Å². The smallest absolute Gasteiger partial charge is 0.278 e. The van der Waals surface area contributed by atoms with Gasteiger partial charge < -0.3 is 4.74 Å². The zero-order valence-corrected chi connectivity index (χ0v) is 10.2. The molecule has 0 fully saturated rings. The second kappa shape index (κ2) is 4.40. The molecule has 0 heterocycles. The second-order valence-corrected chi connectivity index (χ2v) is 5.13. The van der Waals surface area contributed by atoms with Gasteiger partial charge in [-0.2, -0.15) is 0 Å². The van der Waals surface area contributed by atoms with Gasteiger partial charge in [0.15, 0.2) is 6.61 Å². The highest BCUT2D eigenvalue weighted by Gasteiger charge is 2.22. The van der Waals surface area contributed by atoms with Crippen LogP contribution in [0.3, 0.4) is 0 Å². The van der Waals surface area contributed by atoms with Crippen LogP contribution < -0.4 is 4.74 Å². The molecule has 0 radical (unpaired) electrons.